The van der Waals surface area contributed by atoms with Crippen molar-refractivity contribution >= 4 is 34.3 Å². The Labute approximate surface area is 125 Å². The average molecular weight is 304 g/mol. The first-order chi connectivity index (χ1) is 9.74. The van der Waals surface area contributed by atoms with E-state index in [1.165, 1.54) is 17.8 Å². The number of rotatable bonds is 3. The van der Waals surface area contributed by atoms with Gasteiger partial charge in [0.2, 0.25) is 0 Å². The smallest absolute Gasteiger partial charge is 0.128 e. The Morgan fingerprint density at radius 3 is 2.70 bits per heavy atom. The Morgan fingerprint density at radius 1 is 1.00 bits per heavy atom. The number of benzene rings is 2. The molecule has 0 spiro atoms. The minimum Gasteiger partial charge on any atom is -0.241 e. The van der Waals surface area contributed by atoms with E-state index in [0.717, 1.165) is 15.9 Å². The molecule has 1 aromatic heterocycles. The monoisotopic (exact) mass is 303 g/mol. The molecule has 0 bridgehead atoms. The lowest BCUT2D eigenvalue weighted by Gasteiger charge is -2.06. The highest BCUT2D eigenvalue weighted by atomic mass is 35.5. The van der Waals surface area contributed by atoms with Crippen LogP contribution in [0.5, 0.6) is 0 Å². The number of halogens is 2. The molecule has 0 fully saturated rings. The quantitative estimate of drug-likeness (QED) is 0.607. The van der Waals surface area contributed by atoms with Crippen molar-refractivity contribution in [2.24, 2.45) is 0 Å². The largest absolute Gasteiger partial charge is 0.241 e. The predicted molar refractivity (Wildman–Crippen MR) is 82.7 cm³/mol. The molecular weight excluding hydrogens is 293 g/mol. The molecule has 0 amide bonds. The van der Waals surface area contributed by atoms with Gasteiger partial charge >= 0.3 is 0 Å². The SMILES string of the molecule is Fc1cccc(Cl)c1CSc1ccc2ccccc2n1. The summed E-state index contributed by atoms with van der Waals surface area (Å²) >= 11 is 7.50. The van der Waals surface area contributed by atoms with E-state index in [2.05, 4.69) is 4.98 Å². The van der Waals surface area contributed by atoms with Gasteiger partial charge in [0.05, 0.1) is 10.5 Å². The van der Waals surface area contributed by atoms with Crippen LogP contribution in [0.15, 0.2) is 59.6 Å². The summed E-state index contributed by atoms with van der Waals surface area (Å²) in [7, 11) is 0. The molecule has 0 saturated heterocycles. The van der Waals surface area contributed by atoms with Gasteiger partial charge in [0.1, 0.15) is 5.82 Å². The topological polar surface area (TPSA) is 12.9 Å². The summed E-state index contributed by atoms with van der Waals surface area (Å²) in [5, 5.41) is 2.42. The first kappa shape index (κ1) is 13.4. The molecule has 3 aromatic rings. The van der Waals surface area contributed by atoms with E-state index < -0.39 is 0 Å². The summed E-state index contributed by atoms with van der Waals surface area (Å²) in [6.07, 6.45) is 0. The molecule has 0 unspecified atom stereocenters. The van der Waals surface area contributed by atoms with E-state index >= 15 is 0 Å². The van der Waals surface area contributed by atoms with E-state index in [-0.39, 0.29) is 5.82 Å². The molecular formula is C16H11ClFNS. The van der Waals surface area contributed by atoms with Gasteiger partial charge in [-0.15, -0.1) is 11.8 Å². The van der Waals surface area contributed by atoms with Crippen LogP contribution in [0.25, 0.3) is 10.9 Å². The molecule has 2 aromatic carbocycles. The van der Waals surface area contributed by atoms with Crippen molar-refractivity contribution in [2.45, 2.75) is 10.8 Å². The molecule has 0 radical (unpaired) electrons. The summed E-state index contributed by atoms with van der Waals surface area (Å²) < 4.78 is 13.7. The molecule has 100 valence electrons. The van der Waals surface area contributed by atoms with Crippen LogP contribution in [0.2, 0.25) is 5.02 Å². The molecule has 0 aliphatic rings. The molecule has 0 N–H and O–H groups in total. The highest BCUT2D eigenvalue weighted by molar-refractivity contribution is 7.98. The molecule has 0 aliphatic heterocycles. The highest BCUT2D eigenvalue weighted by Gasteiger charge is 2.08. The zero-order chi connectivity index (χ0) is 13.9. The second-order valence-corrected chi connectivity index (χ2v) is 5.73. The van der Waals surface area contributed by atoms with E-state index in [1.54, 1.807) is 12.1 Å². The van der Waals surface area contributed by atoms with Gasteiger partial charge in [-0.05, 0) is 24.3 Å². The van der Waals surface area contributed by atoms with Gasteiger partial charge in [-0.2, -0.15) is 0 Å². The Morgan fingerprint density at radius 2 is 1.85 bits per heavy atom. The number of pyridine rings is 1. The van der Waals surface area contributed by atoms with Crippen LogP contribution in [-0.4, -0.2) is 4.98 Å². The molecule has 20 heavy (non-hydrogen) atoms. The summed E-state index contributed by atoms with van der Waals surface area (Å²) in [6.45, 7) is 0. The summed E-state index contributed by atoms with van der Waals surface area (Å²) in [5.74, 6) is 0.197. The summed E-state index contributed by atoms with van der Waals surface area (Å²) in [5.41, 5.74) is 1.46. The first-order valence-electron chi connectivity index (χ1n) is 6.15. The fraction of sp³-hybridized carbons (Fsp3) is 0.0625. The van der Waals surface area contributed by atoms with Crippen molar-refractivity contribution in [2.75, 3.05) is 0 Å². The van der Waals surface area contributed by atoms with Gasteiger partial charge in [0.15, 0.2) is 0 Å². The lowest BCUT2D eigenvalue weighted by atomic mass is 10.2. The number of aromatic nitrogens is 1. The number of nitrogens with zero attached hydrogens (tertiary/aromatic N) is 1. The number of para-hydroxylation sites is 1. The Kier molecular flexibility index (Phi) is 3.90. The Hall–Kier alpha value is -1.58. The van der Waals surface area contributed by atoms with Crippen LogP contribution in [0.4, 0.5) is 4.39 Å². The van der Waals surface area contributed by atoms with E-state index in [0.29, 0.717) is 16.3 Å². The average Bonchev–Trinajstić information content (AvgIpc) is 2.46. The minimum absolute atomic E-state index is 0.272. The second kappa shape index (κ2) is 5.81. The number of thioether (sulfide) groups is 1. The normalized spacial score (nSPS) is 10.9. The van der Waals surface area contributed by atoms with Crippen LogP contribution in [0, 0.1) is 5.82 Å². The molecule has 1 heterocycles. The number of hydrogen-bond donors (Lipinski definition) is 0. The fourth-order valence-electron chi connectivity index (χ4n) is 1.94. The van der Waals surface area contributed by atoms with Crippen molar-refractivity contribution in [3.05, 3.63) is 71.0 Å². The third kappa shape index (κ3) is 2.79. The van der Waals surface area contributed by atoms with Gasteiger partial charge in [-0.3, -0.25) is 0 Å². The van der Waals surface area contributed by atoms with E-state index in [4.69, 9.17) is 11.6 Å². The van der Waals surface area contributed by atoms with Gasteiger partial charge in [0.25, 0.3) is 0 Å². The minimum atomic E-state index is -0.272. The first-order valence-corrected chi connectivity index (χ1v) is 7.52. The standard InChI is InChI=1S/C16H11ClFNS/c17-13-5-3-6-14(18)12(13)10-20-16-9-8-11-4-1-2-7-15(11)19-16/h1-9H,10H2. The summed E-state index contributed by atoms with van der Waals surface area (Å²) in [6, 6.07) is 16.6. The van der Waals surface area contributed by atoms with Crippen molar-refractivity contribution in [3.63, 3.8) is 0 Å². The highest BCUT2D eigenvalue weighted by Crippen LogP contribution is 2.28. The van der Waals surface area contributed by atoms with Gasteiger partial charge in [0, 0.05) is 21.7 Å². The molecule has 4 heteroatoms. The lowest BCUT2D eigenvalue weighted by Crippen LogP contribution is -1.90. The third-order valence-corrected chi connectivity index (χ3v) is 4.31. The fourth-order valence-corrected chi connectivity index (χ4v) is 3.17. The van der Waals surface area contributed by atoms with Gasteiger partial charge in [-0.25, -0.2) is 9.37 Å². The van der Waals surface area contributed by atoms with Crippen LogP contribution >= 0.6 is 23.4 Å². The van der Waals surface area contributed by atoms with E-state index in [9.17, 15) is 4.39 Å². The third-order valence-electron chi connectivity index (χ3n) is 3.00. The maximum absolute atomic E-state index is 13.7. The summed E-state index contributed by atoms with van der Waals surface area (Å²) in [4.78, 5) is 4.55. The van der Waals surface area contributed by atoms with Crippen molar-refractivity contribution in [1.82, 2.24) is 4.98 Å². The van der Waals surface area contributed by atoms with Gasteiger partial charge < -0.3 is 0 Å². The van der Waals surface area contributed by atoms with Crippen LogP contribution in [-0.2, 0) is 5.75 Å². The van der Waals surface area contributed by atoms with Crippen molar-refractivity contribution in [1.29, 1.82) is 0 Å². The number of hydrogen-bond acceptors (Lipinski definition) is 2. The van der Waals surface area contributed by atoms with E-state index in [1.807, 2.05) is 36.4 Å². The van der Waals surface area contributed by atoms with Crippen molar-refractivity contribution in [3.8, 4) is 0 Å². The second-order valence-electron chi connectivity index (χ2n) is 4.33. The Balaban J connectivity index is 1.83. The molecule has 1 nitrogen and oxygen atoms in total. The van der Waals surface area contributed by atoms with Crippen LogP contribution in [0.1, 0.15) is 5.56 Å². The maximum Gasteiger partial charge on any atom is 0.128 e. The molecule has 0 atom stereocenters. The molecule has 0 aliphatic carbocycles. The molecule has 0 saturated carbocycles. The maximum atomic E-state index is 13.7. The number of fused-ring (bicyclic) bond motifs is 1. The Bertz CT molecular complexity index is 740. The zero-order valence-electron chi connectivity index (χ0n) is 10.5. The zero-order valence-corrected chi connectivity index (χ0v) is 12.1. The lowest BCUT2D eigenvalue weighted by molar-refractivity contribution is 0.617. The predicted octanol–water partition coefficient (Wildman–Crippen LogP) is 5.32. The molecule has 3 rings (SSSR count). The van der Waals surface area contributed by atoms with Crippen LogP contribution in [0.3, 0.4) is 0 Å². The van der Waals surface area contributed by atoms with Crippen LogP contribution < -0.4 is 0 Å². The van der Waals surface area contributed by atoms with Gasteiger partial charge in [-0.1, -0.05) is 41.9 Å². The van der Waals surface area contributed by atoms with Crippen molar-refractivity contribution < 1.29 is 4.39 Å².